The molecule has 1 aromatic rings. The number of amides is 1. The zero-order valence-corrected chi connectivity index (χ0v) is 13.4. The normalized spacial score (nSPS) is 16.0. The number of allylic oxidation sites excluding steroid dienone is 2. The van der Waals surface area contributed by atoms with Gasteiger partial charge in [0.2, 0.25) is 5.91 Å². The van der Waals surface area contributed by atoms with Crippen LogP contribution in [0.3, 0.4) is 0 Å². The molecule has 0 atom stereocenters. The van der Waals surface area contributed by atoms with Gasteiger partial charge in [-0.15, -0.1) is 0 Å². The number of aryl methyl sites for hydroxylation is 1. The molecule has 0 aromatic heterocycles. The van der Waals surface area contributed by atoms with Crippen molar-refractivity contribution in [3.63, 3.8) is 0 Å². The SMILES string of the molecule is CCCC(=O)NCC1=C2C(OC)=CCc3cccc(c32)CC1. The highest BCUT2D eigenvalue weighted by Crippen LogP contribution is 2.41. The second-order valence-electron chi connectivity index (χ2n) is 5.93. The summed E-state index contributed by atoms with van der Waals surface area (Å²) in [7, 11) is 1.73. The number of carbonyl (C=O) groups is 1. The quantitative estimate of drug-likeness (QED) is 0.904. The fraction of sp³-hybridized carbons (Fsp3) is 0.421. The number of methoxy groups -OCH3 is 1. The molecule has 2 aliphatic carbocycles. The largest absolute Gasteiger partial charge is 0.496 e. The van der Waals surface area contributed by atoms with Crippen LogP contribution >= 0.6 is 0 Å². The van der Waals surface area contributed by atoms with Gasteiger partial charge in [0.15, 0.2) is 0 Å². The molecule has 0 unspecified atom stereocenters. The molecule has 3 rings (SSSR count). The van der Waals surface area contributed by atoms with Crippen LogP contribution in [-0.2, 0) is 22.4 Å². The maximum Gasteiger partial charge on any atom is 0.220 e. The van der Waals surface area contributed by atoms with E-state index in [-0.39, 0.29) is 5.91 Å². The van der Waals surface area contributed by atoms with Crippen molar-refractivity contribution in [3.8, 4) is 0 Å². The molecule has 0 saturated heterocycles. The summed E-state index contributed by atoms with van der Waals surface area (Å²) in [5.41, 5.74) is 6.61. The zero-order valence-electron chi connectivity index (χ0n) is 13.4. The van der Waals surface area contributed by atoms with Crippen molar-refractivity contribution in [3.05, 3.63) is 52.3 Å². The fourth-order valence-corrected chi connectivity index (χ4v) is 3.43. The summed E-state index contributed by atoms with van der Waals surface area (Å²) < 4.78 is 5.62. The van der Waals surface area contributed by atoms with Crippen molar-refractivity contribution in [1.29, 1.82) is 0 Å². The second-order valence-corrected chi connectivity index (χ2v) is 5.93. The Bertz CT molecular complexity index is 655. The van der Waals surface area contributed by atoms with Gasteiger partial charge in [0.05, 0.1) is 7.11 Å². The number of nitrogens with one attached hydrogen (secondary N) is 1. The van der Waals surface area contributed by atoms with E-state index in [4.69, 9.17) is 4.74 Å². The highest BCUT2D eigenvalue weighted by molar-refractivity contribution is 5.87. The predicted octanol–water partition coefficient (Wildman–Crippen LogP) is 3.39. The highest BCUT2D eigenvalue weighted by atomic mass is 16.5. The third-order valence-electron chi connectivity index (χ3n) is 4.49. The molecule has 2 aliphatic rings. The lowest BCUT2D eigenvalue weighted by Crippen LogP contribution is -2.27. The first-order chi connectivity index (χ1) is 10.7. The van der Waals surface area contributed by atoms with Gasteiger partial charge in [0.1, 0.15) is 5.76 Å². The van der Waals surface area contributed by atoms with E-state index in [1.807, 2.05) is 6.92 Å². The lowest BCUT2D eigenvalue weighted by atomic mass is 9.78. The molecule has 0 spiro atoms. The van der Waals surface area contributed by atoms with Gasteiger partial charge in [-0.1, -0.05) is 25.1 Å². The summed E-state index contributed by atoms with van der Waals surface area (Å²) in [6.07, 6.45) is 6.58. The topological polar surface area (TPSA) is 38.3 Å². The summed E-state index contributed by atoms with van der Waals surface area (Å²) in [6, 6.07) is 6.55. The van der Waals surface area contributed by atoms with Crippen molar-refractivity contribution in [2.45, 2.75) is 39.0 Å². The Morgan fingerprint density at radius 1 is 1.27 bits per heavy atom. The molecule has 0 saturated carbocycles. The van der Waals surface area contributed by atoms with Crippen molar-refractivity contribution in [2.24, 2.45) is 0 Å². The van der Waals surface area contributed by atoms with Crippen LogP contribution in [0.25, 0.3) is 5.57 Å². The summed E-state index contributed by atoms with van der Waals surface area (Å²) in [4.78, 5) is 11.8. The molecule has 3 nitrogen and oxygen atoms in total. The van der Waals surface area contributed by atoms with Crippen LogP contribution in [0.2, 0.25) is 0 Å². The van der Waals surface area contributed by atoms with Gasteiger partial charge in [-0.05, 0) is 54.0 Å². The Morgan fingerprint density at radius 2 is 2.09 bits per heavy atom. The Morgan fingerprint density at radius 3 is 2.86 bits per heavy atom. The van der Waals surface area contributed by atoms with E-state index in [1.54, 1.807) is 7.11 Å². The lowest BCUT2D eigenvalue weighted by Gasteiger charge is -2.29. The third-order valence-corrected chi connectivity index (χ3v) is 4.49. The summed E-state index contributed by atoms with van der Waals surface area (Å²) in [5, 5.41) is 3.06. The van der Waals surface area contributed by atoms with Crippen LogP contribution in [0.15, 0.2) is 35.6 Å². The van der Waals surface area contributed by atoms with Gasteiger partial charge in [-0.2, -0.15) is 0 Å². The van der Waals surface area contributed by atoms with Crippen molar-refractivity contribution < 1.29 is 9.53 Å². The van der Waals surface area contributed by atoms with Crippen LogP contribution in [0.5, 0.6) is 0 Å². The number of hydrogen-bond acceptors (Lipinski definition) is 2. The van der Waals surface area contributed by atoms with Gasteiger partial charge in [-0.25, -0.2) is 0 Å². The van der Waals surface area contributed by atoms with E-state index in [1.165, 1.54) is 27.8 Å². The molecule has 0 aliphatic heterocycles. The minimum atomic E-state index is 0.133. The predicted molar refractivity (Wildman–Crippen MR) is 88.4 cm³/mol. The van der Waals surface area contributed by atoms with E-state index in [0.717, 1.165) is 31.4 Å². The number of ether oxygens (including phenoxy) is 1. The van der Waals surface area contributed by atoms with Crippen LogP contribution in [0.1, 0.15) is 42.9 Å². The van der Waals surface area contributed by atoms with E-state index in [0.29, 0.717) is 13.0 Å². The number of rotatable bonds is 5. The Hall–Kier alpha value is -2.03. The van der Waals surface area contributed by atoms with Gasteiger partial charge in [-0.3, -0.25) is 4.79 Å². The lowest BCUT2D eigenvalue weighted by molar-refractivity contribution is -0.120. The standard InChI is InChI=1S/C19H23NO2/c1-3-5-17(21)20-12-15-9-8-13-6-4-7-14-10-11-16(22-2)19(15)18(13)14/h4,6-7,11H,3,5,8-10,12H2,1-2H3,(H,20,21). The van der Waals surface area contributed by atoms with E-state index < -0.39 is 0 Å². The second kappa shape index (κ2) is 6.39. The van der Waals surface area contributed by atoms with Crippen LogP contribution in [-0.4, -0.2) is 19.6 Å². The maximum atomic E-state index is 11.8. The van der Waals surface area contributed by atoms with Crippen molar-refractivity contribution in [2.75, 3.05) is 13.7 Å². The van der Waals surface area contributed by atoms with E-state index in [2.05, 4.69) is 29.6 Å². The molecule has 116 valence electrons. The number of carbonyl (C=O) groups excluding carboxylic acids is 1. The van der Waals surface area contributed by atoms with Gasteiger partial charge >= 0.3 is 0 Å². The molecule has 1 aromatic carbocycles. The number of hydrogen-bond donors (Lipinski definition) is 1. The third kappa shape index (κ3) is 2.68. The van der Waals surface area contributed by atoms with E-state index in [9.17, 15) is 4.79 Å². The van der Waals surface area contributed by atoms with Gasteiger partial charge in [0.25, 0.3) is 0 Å². The molecular formula is C19H23NO2. The molecular weight excluding hydrogens is 274 g/mol. The molecule has 1 N–H and O–H groups in total. The fourth-order valence-electron chi connectivity index (χ4n) is 3.43. The highest BCUT2D eigenvalue weighted by Gasteiger charge is 2.27. The first-order valence-corrected chi connectivity index (χ1v) is 8.09. The monoisotopic (exact) mass is 297 g/mol. The average Bonchev–Trinajstić information content (AvgIpc) is 2.55. The number of benzene rings is 1. The minimum Gasteiger partial charge on any atom is -0.496 e. The average molecular weight is 297 g/mol. The molecule has 0 radical (unpaired) electrons. The molecule has 0 fully saturated rings. The zero-order chi connectivity index (χ0) is 15.5. The van der Waals surface area contributed by atoms with Crippen molar-refractivity contribution >= 4 is 11.5 Å². The summed E-state index contributed by atoms with van der Waals surface area (Å²) in [6.45, 7) is 2.65. The maximum absolute atomic E-state index is 11.8. The van der Waals surface area contributed by atoms with Gasteiger partial charge < -0.3 is 10.1 Å². The van der Waals surface area contributed by atoms with Crippen molar-refractivity contribution in [1.82, 2.24) is 5.32 Å². The minimum absolute atomic E-state index is 0.133. The summed E-state index contributed by atoms with van der Waals surface area (Å²) >= 11 is 0. The first kappa shape index (κ1) is 14.9. The van der Waals surface area contributed by atoms with E-state index >= 15 is 0 Å². The molecule has 3 heteroatoms. The first-order valence-electron chi connectivity index (χ1n) is 8.09. The smallest absolute Gasteiger partial charge is 0.220 e. The molecule has 0 bridgehead atoms. The molecule has 22 heavy (non-hydrogen) atoms. The molecule has 1 amide bonds. The van der Waals surface area contributed by atoms with Crippen LogP contribution < -0.4 is 5.32 Å². The Kier molecular flexibility index (Phi) is 4.32. The Labute approximate surface area is 132 Å². The Balaban J connectivity index is 1.96. The summed E-state index contributed by atoms with van der Waals surface area (Å²) in [5.74, 6) is 1.09. The van der Waals surface area contributed by atoms with Gasteiger partial charge in [0, 0.05) is 18.5 Å². The molecule has 0 heterocycles. The van der Waals surface area contributed by atoms with Crippen LogP contribution in [0, 0.1) is 0 Å². The van der Waals surface area contributed by atoms with Crippen LogP contribution in [0.4, 0.5) is 0 Å².